The molecule has 0 spiro atoms. The van der Waals surface area contributed by atoms with Gasteiger partial charge < -0.3 is 15.5 Å². The van der Waals surface area contributed by atoms with Gasteiger partial charge in [0.2, 0.25) is 5.91 Å². The first kappa shape index (κ1) is 17.8. The van der Waals surface area contributed by atoms with Gasteiger partial charge in [-0.25, -0.2) is 4.79 Å². The smallest absolute Gasteiger partial charge is 0.321 e. The average Bonchev–Trinajstić information content (AvgIpc) is 2.68. The second-order valence-electron chi connectivity index (χ2n) is 7.33. The highest BCUT2D eigenvalue weighted by molar-refractivity contribution is 5.90. The van der Waals surface area contributed by atoms with Crippen LogP contribution in [0.15, 0.2) is 30.3 Å². The molecule has 5 nitrogen and oxygen atoms in total. The summed E-state index contributed by atoms with van der Waals surface area (Å²) in [6.45, 7) is 2.02. The van der Waals surface area contributed by atoms with Crippen LogP contribution in [0.25, 0.3) is 0 Å². The lowest BCUT2D eigenvalue weighted by Gasteiger charge is -2.32. The summed E-state index contributed by atoms with van der Waals surface area (Å²) in [4.78, 5) is 26.7. The fraction of sp³-hybridized carbons (Fsp3) is 0.600. The number of carbonyl (C=O) groups is 2. The van der Waals surface area contributed by atoms with Crippen LogP contribution in [0.4, 0.5) is 10.5 Å². The van der Waals surface area contributed by atoms with Crippen molar-refractivity contribution in [3.8, 4) is 0 Å². The number of urea groups is 1. The van der Waals surface area contributed by atoms with E-state index in [0.29, 0.717) is 19.0 Å². The number of piperidine rings is 1. The molecule has 1 aliphatic carbocycles. The number of amides is 3. The van der Waals surface area contributed by atoms with Crippen molar-refractivity contribution in [2.24, 2.45) is 11.8 Å². The molecule has 0 radical (unpaired) electrons. The molecule has 1 aromatic rings. The van der Waals surface area contributed by atoms with Crippen LogP contribution in [0.3, 0.4) is 0 Å². The summed E-state index contributed by atoms with van der Waals surface area (Å²) in [5.74, 6) is 0.667. The molecule has 136 valence electrons. The van der Waals surface area contributed by atoms with Crippen LogP contribution in [-0.2, 0) is 4.79 Å². The second-order valence-corrected chi connectivity index (χ2v) is 7.33. The molecular formula is C20H29N3O2. The number of nitrogens with one attached hydrogen (secondary N) is 2. The summed E-state index contributed by atoms with van der Waals surface area (Å²) in [6.07, 6.45) is 8.12. The minimum Gasteiger partial charge on any atom is -0.356 e. The van der Waals surface area contributed by atoms with E-state index in [1.54, 1.807) is 4.90 Å². The molecule has 1 unspecified atom stereocenters. The van der Waals surface area contributed by atoms with Gasteiger partial charge in [-0.2, -0.15) is 0 Å². The number of rotatable bonds is 4. The third kappa shape index (κ3) is 5.21. The Morgan fingerprint density at radius 3 is 2.52 bits per heavy atom. The zero-order valence-corrected chi connectivity index (χ0v) is 14.9. The van der Waals surface area contributed by atoms with E-state index in [0.717, 1.165) is 25.1 Å². The summed E-state index contributed by atoms with van der Waals surface area (Å²) >= 11 is 0. The highest BCUT2D eigenvalue weighted by Gasteiger charge is 2.28. The Morgan fingerprint density at radius 2 is 1.76 bits per heavy atom. The fourth-order valence-electron chi connectivity index (χ4n) is 3.88. The van der Waals surface area contributed by atoms with Gasteiger partial charge in [-0.05, 0) is 43.7 Å². The molecular weight excluding hydrogens is 314 g/mol. The van der Waals surface area contributed by atoms with Crippen molar-refractivity contribution in [1.29, 1.82) is 0 Å². The number of hydrogen-bond acceptors (Lipinski definition) is 2. The largest absolute Gasteiger partial charge is 0.356 e. The van der Waals surface area contributed by atoms with Gasteiger partial charge in [0.15, 0.2) is 0 Å². The van der Waals surface area contributed by atoms with Crippen molar-refractivity contribution in [2.45, 2.75) is 44.9 Å². The van der Waals surface area contributed by atoms with Gasteiger partial charge in [0.1, 0.15) is 0 Å². The number of hydrogen-bond donors (Lipinski definition) is 2. The van der Waals surface area contributed by atoms with Crippen LogP contribution in [0.1, 0.15) is 44.9 Å². The maximum absolute atomic E-state index is 12.5. The number of para-hydroxylation sites is 1. The molecule has 1 aromatic carbocycles. The van der Waals surface area contributed by atoms with Crippen molar-refractivity contribution >= 4 is 17.6 Å². The van der Waals surface area contributed by atoms with Crippen molar-refractivity contribution in [1.82, 2.24) is 10.2 Å². The van der Waals surface area contributed by atoms with E-state index in [1.165, 1.54) is 32.1 Å². The van der Waals surface area contributed by atoms with Crippen LogP contribution < -0.4 is 10.6 Å². The molecule has 5 heteroatoms. The van der Waals surface area contributed by atoms with Gasteiger partial charge in [-0.1, -0.05) is 37.5 Å². The van der Waals surface area contributed by atoms with Crippen molar-refractivity contribution in [3.05, 3.63) is 30.3 Å². The minimum absolute atomic E-state index is 0.0844. The van der Waals surface area contributed by atoms with Gasteiger partial charge in [-0.15, -0.1) is 0 Å². The molecule has 2 N–H and O–H groups in total. The van der Waals surface area contributed by atoms with Crippen LogP contribution in [0.5, 0.6) is 0 Å². The van der Waals surface area contributed by atoms with Crippen molar-refractivity contribution in [3.63, 3.8) is 0 Å². The molecule has 25 heavy (non-hydrogen) atoms. The fourth-order valence-corrected chi connectivity index (χ4v) is 3.88. The average molecular weight is 343 g/mol. The maximum Gasteiger partial charge on any atom is 0.321 e. The number of benzene rings is 1. The van der Waals surface area contributed by atoms with E-state index in [4.69, 9.17) is 0 Å². The Balaban J connectivity index is 1.46. The highest BCUT2D eigenvalue weighted by atomic mass is 16.2. The SMILES string of the molecule is O=C(NCC1CCCCC1)C1CCCN(C(=O)Nc2ccccc2)C1. The summed E-state index contributed by atoms with van der Waals surface area (Å²) in [5.41, 5.74) is 0.788. The van der Waals surface area contributed by atoms with Gasteiger partial charge in [0.05, 0.1) is 5.92 Å². The maximum atomic E-state index is 12.5. The second kappa shape index (κ2) is 8.88. The lowest BCUT2D eigenvalue weighted by molar-refractivity contribution is -0.126. The summed E-state index contributed by atoms with van der Waals surface area (Å²) in [7, 11) is 0. The molecule has 1 heterocycles. The van der Waals surface area contributed by atoms with Crippen LogP contribution >= 0.6 is 0 Å². The first-order valence-corrected chi connectivity index (χ1v) is 9.61. The Kier molecular flexibility index (Phi) is 6.31. The van der Waals surface area contributed by atoms with E-state index < -0.39 is 0 Å². The summed E-state index contributed by atoms with van der Waals surface area (Å²) in [5, 5.41) is 6.04. The highest BCUT2D eigenvalue weighted by Crippen LogP contribution is 2.23. The van der Waals surface area contributed by atoms with Crippen LogP contribution in [-0.4, -0.2) is 36.5 Å². The molecule has 2 aliphatic rings. The molecule has 3 rings (SSSR count). The first-order chi connectivity index (χ1) is 12.2. The number of carbonyl (C=O) groups excluding carboxylic acids is 2. The van der Waals surface area contributed by atoms with Crippen LogP contribution in [0.2, 0.25) is 0 Å². The third-order valence-electron chi connectivity index (χ3n) is 5.39. The Hall–Kier alpha value is -2.04. The number of anilines is 1. The summed E-state index contributed by atoms with van der Waals surface area (Å²) in [6, 6.07) is 9.34. The Bertz CT molecular complexity index is 570. The van der Waals surface area contributed by atoms with E-state index in [2.05, 4.69) is 10.6 Å². The quantitative estimate of drug-likeness (QED) is 0.877. The van der Waals surface area contributed by atoms with Gasteiger partial charge in [0, 0.05) is 25.3 Å². The van der Waals surface area contributed by atoms with Gasteiger partial charge >= 0.3 is 6.03 Å². The normalized spacial score (nSPS) is 21.6. The number of nitrogens with zero attached hydrogens (tertiary/aromatic N) is 1. The molecule has 3 amide bonds. The Morgan fingerprint density at radius 1 is 1.00 bits per heavy atom. The first-order valence-electron chi connectivity index (χ1n) is 9.61. The van der Waals surface area contributed by atoms with E-state index in [1.807, 2.05) is 30.3 Å². The van der Waals surface area contributed by atoms with Gasteiger partial charge in [0.25, 0.3) is 0 Å². The lowest BCUT2D eigenvalue weighted by Crippen LogP contribution is -2.47. The van der Waals surface area contributed by atoms with Crippen molar-refractivity contribution in [2.75, 3.05) is 25.0 Å². The van der Waals surface area contributed by atoms with E-state index in [-0.39, 0.29) is 17.9 Å². The van der Waals surface area contributed by atoms with Crippen molar-refractivity contribution < 1.29 is 9.59 Å². The monoisotopic (exact) mass is 343 g/mol. The zero-order valence-electron chi connectivity index (χ0n) is 14.9. The van der Waals surface area contributed by atoms with E-state index in [9.17, 15) is 9.59 Å². The lowest BCUT2D eigenvalue weighted by atomic mass is 9.89. The van der Waals surface area contributed by atoms with E-state index >= 15 is 0 Å². The van der Waals surface area contributed by atoms with Gasteiger partial charge in [-0.3, -0.25) is 4.79 Å². The predicted molar refractivity (Wildman–Crippen MR) is 99.3 cm³/mol. The molecule has 2 fully saturated rings. The molecule has 1 atom stereocenters. The molecule has 0 bridgehead atoms. The summed E-state index contributed by atoms with van der Waals surface area (Å²) < 4.78 is 0. The molecule has 1 aliphatic heterocycles. The third-order valence-corrected chi connectivity index (χ3v) is 5.39. The predicted octanol–water partition coefficient (Wildman–Crippen LogP) is 3.63. The minimum atomic E-state index is -0.115. The molecule has 1 saturated carbocycles. The standard InChI is InChI=1S/C20H29N3O2/c24-19(21-14-16-8-3-1-4-9-16)17-10-7-13-23(15-17)20(25)22-18-11-5-2-6-12-18/h2,5-6,11-12,16-17H,1,3-4,7-10,13-15H2,(H,21,24)(H,22,25). The Labute approximate surface area is 150 Å². The molecule has 1 saturated heterocycles. The molecule has 0 aromatic heterocycles. The number of likely N-dealkylation sites (tertiary alicyclic amines) is 1. The van der Waals surface area contributed by atoms with Crippen LogP contribution in [0, 0.1) is 11.8 Å². The topological polar surface area (TPSA) is 61.4 Å². The zero-order chi connectivity index (χ0) is 17.5.